The fourth-order valence-electron chi connectivity index (χ4n) is 2.92. The Balaban J connectivity index is 2.09. The third-order valence-electron chi connectivity index (χ3n) is 4.64. The van der Waals surface area contributed by atoms with E-state index in [2.05, 4.69) is 5.32 Å². The number of hydrogen-bond acceptors (Lipinski definition) is 4. The van der Waals surface area contributed by atoms with Crippen LogP contribution in [0.15, 0.2) is 54.6 Å². The maximum atomic E-state index is 12.5. The van der Waals surface area contributed by atoms with Gasteiger partial charge in [0, 0.05) is 12.5 Å². The number of amides is 2. The van der Waals surface area contributed by atoms with Gasteiger partial charge < -0.3 is 25.5 Å². The highest BCUT2D eigenvalue weighted by atomic mass is 16.4. The highest BCUT2D eigenvalue weighted by Crippen LogP contribution is 2.19. The molecule has 30 heavy (non-hydrogen) atoms. The minimum absolute atomic E-state index is 0.0591. The lowest BCUT2D eigenvalue weighted by atomic mass is 10.0. The van der Waals surface area contributed by atoms with Crippen molar-refractivity contribution in [2.24, 2.45) is 0 Å². The van der Waals surface area contributed by atoms with E-state index in [0.29, 0.717) is 0 Å². The number of carbonyl (C=O) groups excluding carboxylic acids is 1. The molecule has 2 aromatic rings. The number of urea groups is 1. The SMILES string of the molecule is CC(C)N(CC(O)C(=O)O)C(=O)N[C@@H](Cc1ccc(-c2ccccc2)cc1)C(=O)O. The lowest BCUT2D eigenvalue weighted by molar-refractivity contribution is -0.147. The molecule has 0 heterocycles. The molecule has 160 valence electrons. The summed E-state index contributed by atoms with van der Waals surface area (Å²) < 4.78 is 0. The maximum Gasteiger partial charge on any atom is 0.334 e. The van der Waals surface area contributed by atoms with Crippen molar-refractivity contribution in [3.8, 4) is 11.1 Å². The standard InChI is InChI=1S/C22H26N2O6/c1-14(2)24(13-19(25)21(28)29)22(30)23-18(20(26)27)12-15-8-10-17(11-9-15)16-6-4-3-5-7-16/h3-11,14,18-19,25H,12-13H2,1-2H3,(H,23,30)(H,26,27)(H,28,29)/t18-,19?/m0/s1. The molecule has 0 saturated carbocycles. The van der Waals surface area contributed by atoms with Gasteiger partial charge in [0.2, 0.25) is 0 Å². The fourth-order valence-corrected chi connectivity index (χ4v) is 2.92. The second-order valence-corrected chi connectivity index (χ2v) is 7.21. The number of aliphatic carboxylic acids is 2. The summed E-state index contributed by atoms with van der Waals surface area (Å²) in [6, 6.07) is 14.7. The third-order valence-corrected chi connectivity index (χ3v) is 4.64. The van der Waals surface area contributed by atoms with Crippen LogP contribution < -0.4 is 5.32 Å². The number of nitrogens with one attached hydrogen (secondary N) is 1. The molecule has 0 bridgehead atoms. The first-order chi connectivity index (χ1) is 14.2. The normalized spacial score (nSPS) is 12.8. The van der Waals surface area contributed by atoms with Crippen molar-refractivity contribution in [2.75, 3.05) is 6.54 Å². The van der Waals surface area contributed by atoms with Crippen LogP contribution in [-0.2, 0) is 16.0 Å². The zero-order valence-electron chi connectivity index (χ0n) is 16.9. The predicted molar refractivity (Wildman–Crippen MR) is 111 cm³/mol. The topological polar surface area (TPSA) is 127 Å². The molecule has 0 spiro atoms. The lowest BCUT2D eigenvalue weighted by Gasteiger charge is -2.29. The minimum atomic E-state index is -1.76. The van der Waals surface area contributed by atoms with Gasteiger partial charge in [-0.3, -0.25) is 0 Å². The summed E-state index contributed by atoms with van der Waals surface area (Å²) >= 11 is 0. The molecular formula is C22H26N2O6. The maximum absolute atomic E-state index is 12.5. The number of nitrogens with zero attached hydrogens (tertiary/aromatic N) is 1. The second-order valence-electron chi connectivity index (χ2n) is 7.21. The molecular weight excluding hydrogens is 388 g/mol. The van der Waals surface area contributed by atoms with Gasteiger partial charge in [-0.1, -0.05) is 54.6 Å². The summed E-state index contributed by atoms with van der Waals surface area (Å²) in [5, 5.41) is 30.4. The third kappa shape index (κ3) is 6.31. The molecule has 0 radical (unpaired) electrons. The summed E-state index contributed by atoms with van der Waals surface area (Å²) in [6.45, 7) is 2.84. The molecule has 2 aromatic carbocycles. The first-order valence-electron chi connectivity index (χ1n) is 9.54. The van der Waals surface area contributed by atoms with Gasteiger partial charge in [-0.2, -0.15) is 0 Å². The number of benzene rings is 2. The van der Waals surface area contributed by atoms with Crippen LogP contribution in [0, 0.1) is 0 Å². The van der Waals surface area contributed by atoms with Crippen LogP contribution in [0.25, 0.3) is 11.1 Å². The largest absolute Gasteiger partial charge is 0.480 e. The van der Waals surface area contributed by atoms with Crippen molar-refractivity contribution in [1.29, 1.82) is 0 Å². The van der Waals surface area contributed by atoms with Gasteiger partial charge in [0.05, 0.1) is 6.54 Å². The molecule has 2 rings (SSSR count). The minimum Gasteiger partial charge on any atom is -0.480 e. The number of hydrogen-bond donors (Lipinski definition) is 4. The van der Waals surface area contributed by atoms with E-state index in [9.17, 15) is 24.6 Å². The van der Waals surface area contributed by atoms with E-state index in [1.165, 1.54) is 0 Å². The van der Waals surface area contributed by atoms with Crippen LogP contribution in [-0.4, -0.2) is 62.9 Å². The molecule has 0 fully saturated rings. The van der Waals surface area contributed by atoms with Crippen LogP contribution in [0.2, 0.25) is 0 Å². The number of carboxylic acids is 2. The fraction of sp³-hybridized carbons (Fsp3) is 0.318. The number of aliphatic hydroxyl groups is 1. The molecule has 1 unspecified atom stereocenters. The lowest BCUT2D eigenvalue weighted by Crippen LogP contribution is -2.53. The zero-order chi connectivity index (χ0) is 22.3. The Morgan fingerprint density at radius 2 is 1.47 bits per heavy atom. The van der Waals surface area contributed by atoms with Crippen molar-refractivity contribution >= 4 is 18.0 Å². The molecule has 8 nitrogen and oxygen atoms in total. The summed E-state index contributed by atoms with van der Waals surface area (Å²) in [7, 11) is 0. The van der Waals surface area contributed by atoms with E-state index in [1.54, 1.807) is 26.0 Å². The summed E-state index contributed by atoms with van der Waals surface area (Å²) in [5.41, 5.74) is 2.75. The van der Waals surface area contributed by atoms with Crippen LogP contribution in [0.1, 0.15) is 19.4 Å². The van der Waals surface area contributed by atoms with Gasteiger partial charge >= 0.3 is 18.0 Å². The average Bonchev–Trinajstić information content (AvgIpc) is 2.71. The van der Waals surface area contributed by atoms with Crippen LogP contribution in [0.3, 0.4) is 0 Å². The quantitative estimate of drug-likeness (QED) is 0.498. The first-order valence-corrected chi connectivity index (χ1v) is 9.54. The smallest absolute Gasteiger partial charge is 0.334 e. The average molecular weight is 414 g/mol. The van der Waals surface area contributed by atoms with Crippen molar-refractivity contribution < 1.29 is 29.7 Å². The van der Waals surface area contributed by atoms with Crippen molar-refractivity contribution in [3.63, 3.8) is 0 Å². The van der Waals surface area contributed by atoms with Crippen molar-refractivity contribution in [2.45, 2.75) is 38.5 Å². The van der Waals surface area contributed by atoms with E-state index >= 15 is 0 Å². The summed E-state index contributed by atoms with van der Waals surface area (Å²) in [6.07, 6.45) is -1.70. The molecule has 8 heteroatoms. The van der Waals surface area contributed by atoms with E-state index in [1.807, 2.05) is 42.5 Å². The highest BCUT2D eigenvalue weighted by molar-refractivity contribution is 5.83. The van der Waals surface area contributed by atoms with E-state index in [4.69, 9.17) is 5.11 Å². The molecule has 0 aromatic heterocycles. The Morgan fingerprint density at radius 3 is 1.97 bits per heavy atom. The molecule has 0 saturated heterocycles. The second kappa shape index (κ2) is 10.4. The van der Waals surface area contributed by atoms with Gasteiger partial charge in [-0.05, 0) is 30.5 Å². The Morgan fingerprint density at radius 1 is 0.900 bits per heavy atom. The van der Waals surface area contributed by atoms with Gasteiger partial charge in [-0.25, -0.2) is 14.4 Å². The Hall–Kier alpha value is -3.39. The van der Waals surface area contributed by atoms with Crippen LogP contribution in [0.5, 0.6) is 0 Å². The number of carboxylic acid groups (broad SMARTS) is 2. The van der Waals surface area contributed by atoms with E-state index in [-0.39, 0.29) is 6.42 Å². The Kier molecular flexibility index (Phi) is 7.94. The Bertz CT molecular complexity index is 867. The summed E-state index contributed by atoms with van der Waals surface area (Å²) in [5.74, 6) is -2.67. The molecule has 4 N–H and O–H groups in total. The summed E-state index contributed by atoms with van der Waals surface area (Å²) in [4.78, 5) is 36.2. The van der Waals surface area contributed by atoms with Gasteiger partial charge in [0.1, 0.15) is 6.04 Å². The van der Waals surface area contributed by atoms with Crippen molar-refractivity contribution in [3.05, 3.63) is 60.2 Å². The number of rotatable bonds is 9. The van der Waals surface area contributed by atoms with Gasteiger partial charge in [-0.15, -0.1) is 0 Å². The molecule has 0 aliphatic rings. The van der Waals surface area contributed by atoms with E-state index < -0.39 is 42.7 Å². The van der Waals surface area contributed by atoms with E-state index in [0.717, 1.165) is 21.6 Å². The zero-order valence-corrected chi connectivity index (χ0v) is 16.9. The molecule has 0 aliphatic heterocycles. The van der Waals surface area contributed by atoms with Gasteiger partial charge in [0.15, 0.2) is 6.10 Å². The highest BCUT2D eigenvalue weighted by Gasteiger charge is 2.28. The first kappa shape index (κ1) is 22.9. The van der Waals surface area contributed by atoms with Gasteiger partial charge in [0.25, 0.3) is 0 Å². The van der Waals surface area contributed by atoms with Crippen LogP contribution in [0.4, 0.5) is 4.79 Å². The number of carbonyl (C=O) groups is 3. The molecule has 0 aliphatic carbocycles. The molecule has 2 atom stereocenters. The van der Waals surface area contributed by atoms with Crippen molar-refractivity contribution in [1.82, 2.24) is 10.2 Å². The monoisotopic (exact) mass is 414 g/mol. The predicted octanol–water partition coefficient (Wildman–Crippen LogP) is 2.21. The molecule has 2 amide bonds. The number of aliphatic hydroxyl groups excluding tert-OH is 1. The van der Waals surface area contributed by atoms with Crippen LogP contribution >= 0.6 is 0 Å². The Labute approximate surface area is 174 Å².